The monoisotopic (exact) mass is 301 g/mol. The highest BCUT2D eigenvalue weighted by Crippen LogP contribution is 2.33. The third-order valence-corrected chi connectivity index (χ3v) is 2.87. The molecule has 0 fully saturated rings. The fraction of sp³-hybridized carbons (Fsp3) is 0.417. The Morgan fingerprint density at radius 1 is 1.41 bits per heavy atom. The zero-order valence-corrected chi connectivity index (χ0v) is 11.5. The molecule has 0 aromatic heterocycles. The average Bonchev–Trinajstić information content (AvgIpc) is 2.30. The second kappa shape index (κ2) is 6.49. The molecule has 1 aromatic carbocycles. The van der Waals surface area contributed by atoms with E-state index < -0.39 is 5.97 Å². The van der Waals surface area contributed by atoms with Gasteiger partial charge in [0.2, 0.25) is 0 Å². The normalized spacial score (nSPS) is 10.1. The molecule has 0 radical (unpaired) electrons. The highest BCUT2D eigenvalue weighted by Gasteiger charge is 2.18. The van der Waals surface area contributed by atoms with Crippen molar-refractivity contribution in [2.24, 2.45) is 0 Å². The van der Waals surface area contributed by atoms with Gasteiger partial charge in [0.1, 0.15) is 11.3 Å². The molecule has 0 saturated heterocycles. The van der Waals surface area contributed by atoms with E-state index in [1.54, 1.807) is 12.1 Å². The predicted molar refractivity (Wildman–Crippen MR) is 70.3 cm³/mol. The summed E-state index contributed by atoms with van der Waals surface area (Å²) in [6, 6.07) is 3.36. The van der Waals surface area contributed by atoms with Crippen LogP contribution in [0.25, 0.3) is 0 Å². The quantitative estimate of drug-likeness (QED) is 0.671. The number of ether oxygens (including phenoxy) is 2. The first kappa shape index (κ1) is 13.8. The van der Waals surface area contributed by atoms with Crippen LogP contribution in [0.2, 0.25) is 0 Å². The van der Waals surface area contributed by atoms with Crippen LogP contribution in [-0.4, -0.2) is 19.2 Å². The van der Waals surface area contributed by atoms with E-state index in [0.29, 0.717) is 34.7 Å². The number of carbonyl (C=O) groups is 1. The molecule has 0 aliphatic heterocycles. The van der Waals surface area contributed by atoms with Crippen LogP contribution in [0.5, 0.6) is 5.75 Å². The van der Waals surface area contributed by atoms with E-state index in [0.717, 1.165) is 6.42 Å². The van der Waals surface area contributed by atoms with Crippen LogP contribution in [0.3, 0.4) is 0 Å². The average molecular weight is 302 g/mol. The summed E-state index contributed by atoms with van der Waals surface area (Å²) in [6.45, 7) is 4.70. The first-order chi connectivity index (χ1) is 8.11. The van der Waals surface area contributed by atoms with Crippen molar-refractivity contribution >= 4 is 27.6 Å². The summed E-state index contributed by atoms with van der Waals surface area (Å²) in [4.78, 5) is 11.8. The Labute approximate surface area is 109 Å². The molecule has 0 spiro atoms. The number of esters is 1. The highest BCUT2D eigenvalue weighted by atomic mass is 79.9. The number of anilines is 1. The Balaban J connectivity index is 3.04. The predicted octanol–water partition coefficient (Wildman–Crippen LogP) is 3.00. The van der Waals surface area contributed by atoms with Crippen LogP contribution in [0.15, 0.2) is 16.6 Å². The molecule has 0 amide bonds. The summed E-state index contributed by atoms with van der Waals surface area (Å²) < 4.78 is 11.0. The molecular formula is C12H16BrNO3. The first-order valence-corrected chi connectivity index (χ1v) is 6.29. The lowest BCUT2D eigenvalue weighted by Gasteiger charge is -2.12. The lowest BCUT2D eigenvalue weighted by Crippen LogP contribution is -2.10. The molecule has 0 bridgehead atoms. The van der Waals surface area contributed by atoms with Crippen molar-refractivity contribution in [3.63, 3.8) is 0 Å². The summed E-state index contributed by atoms with van der Waals surface area (Å²) in [5.41, 5.74) is 6.47. The second-order valence-corrected chi connectivity index (χ2v) is 4.20. The van der Waals surface area contributed by atoms with Gasteiger partial charge >= 0.3 is 5.97 Å². The number of halogens is 1. The number of hydrogen-bond donors (Lipinski definition) is 1. The van der Waals surface area contributed by atoms with E-state index in [4.69, 9.17) is 15.2 Å². The van der Waals surface area contributed by atoms with Crippen LogP contribution >= 0.6 is 15.9 Å². The largest absolute Gasteiger partial charge is 0.493 e. The number of carbonyl (C=O) groups excluding carboxylic acids is 1. The maximum atomic E-state index is 11.8. The SMILES string of the molecule is CCCOC(=O)c1c(N)ccc(OCC)c1Br. The molecule has 2 N–H and O–H groups in total. The third kappa shape index (κ3) is 3.36. The van der Waals surface area contributed by atoms with E-state index in [9.17, 15) is 4.79 Å². The number of benzene rings is 1. The van der Waals surface area contributed by atoms with Crippen molar-refractivity contribution < 1.29 is 14.3 Å². The molecule has 0 unspecified atom stereocenters. The molecular weight excluding hydrogens is 286 g/mol. The molecule has 94 valence electrons. The third-order valence-electron chi connectivity index (χ3n) is 2.08. The van der Waals surface area contributed by atoms with Gasteiger partial charge in [-0.2, -0.15) is 0 Å². The molecule has 0 aliphatic carbocycles. The van der Waals surface area contributed by atoms with Crippen LogP contribution in [0, 0.1) is 0 Å². The van der Waals surface area contributed by atoms with Crippen LogP contribution in [0.1, 0.15) is 30.6 Å². The minimum Gasteiger partial charge on any atom is -0.493 e. The zero-order valence-electron chi connectivity index (χ0n) is 9.96. The molecule has 0 saturated carbocycles. The van der Waals surface area contributed by atoms with Crippen molar-refractivity contribution in [2.45, 2.75) is 20.3 Å². The van der Waals surface area contributed by atoms with Gasteiger partial charge in [-0.1, -0.05) is 6.92 Å². The smallest absolute Gasteiger partial charge is 0.341 e. The Morgan fingerprint density at radius 2 is 2.12 bits per heavy atom. The fourth-order valence-electron chi connectivity index (χ4n) is 1.31. The van der Waals surface area contributed by atoms with Gasteiger partial charge in [0.25, 0.3) is 0 Å². The van der Waals surface area contributed by atoms with Crippen LogP contribution < -0.4 is 10.5 Å². The molecule has 0 heterocycles. The van der Waals surface area contributed by atoms with E-state index in [-0.39, 0.29) is 0 Å². The van der Waals surface area contributed by atoms with Gasteiger partial charge in [-0.15, -0.1) is 0 Å². The van der Waals surface area contributed by atoms with Gasteiger partial charge in [-0.25, -0.2) is 4.79 Å². The Bertz CT molecular complexity index is 407. The maximum Gasteiger partial charge on any atom is 0.341 e. The van der Waals surface area contributed by atoms with Crippen molar-refractivity contribution in [1.82, 2.24) is 0 Å². The molecule has 0 atom stereocenters. The standard InChI is InChI=1S/C12H16BrNO3/c1-3-7-17-12(15)10-8(14)5-6-9(11(10)13)16-4-2/h5-6H,3-4,7,14H2,1-2H3. The summed E-state index contributed by atoms with van der Waals surface area (Å²) in [5.74, 6) is 0.155. The molecule has 17 heavy (non-hydrogen) atoms. The molecule has 0 aliphatic rings. The van der Waals surface area contributed by atoms with Gasteiger partial charge in [0.05, 0.1) is 17.7 Å². The summed E-state index contributed by atoms with van der Waals surface area (Å²) in [7, 11) is 0. The van der Waals surface area contributed by atoms with E-state index in [2.05, 4.69) is 15.9 Å². The fourth-order valence-corrected chi connectivity index (χ4v) is 1.95. The minimum absolute atomic E-state index is 0.324. The van der Waals surface area contributed by atoms with Crippen LogP contribution in [0.4, 0.5) is 5.69 Å². The first-order valence-electron chi connectivity index (χ1n) is 5.49. The summed E-state index contributed by atoms with van der Waals surface area (Å²) >= 11 is 3.32. The van der Waals surface area contributed by atoms with E-state index >= 15 is 0 Å². The van der Waals surface area contributed by atoms with Gasteiger partial charge in [-0.05, 0) is 41.4 Å². The van der Waals surface area contributed by atoms with E-state index in [1.807, 2.05) is 13.8 Å². The van der Waals surface area contributed by atoms with Crippen molar-refractivity contribution in [2.75, 3.05) is 18.9 Å². The van der Waals surface area contributed by atoms with Gasteiger partial charge < -0.3 is 15.2 Å². The topological polar surface area (TPSA) is 61.5 Å². The Kier molecular flexibility index (Phi) is 5.28. The van der Waals surface area contributed by atoms with Crippen molar-refractivity contribution in [3.8, 4) is 5.75 Å². The summed E-state index contributed by atoms with van der Waals surface area (Å²) in [6.07, 6.45) is 0.772. The number of nitrogen functional groups attached to an aromatic ring is 1. The van der Waals surface area contributed by atoms with Crippen molar-refractivity contribution in [1.29, 1.82) is 0 Å². The van der Waals surface area contributed by atoms with Gasteiger partial charge in [0, 0.05) is 5.69 Å². The lowest BCUT2D eigenvalue weighted by molar-refractivity contribution is 0.0504. The number of nitrogens with two attached hydrogens (primary N) is 1. The van der Waals surface area contributed by atoms with Gasteiger partial charge in [-0.3, -0.25) is 0 Å². The maximum absolute atomic E-state index is 11.8. The Hall–Kier alpha value is -1.23. The molecule has 4 nitrogen and oxygen atoms in total. The summed E-state index contributed by atoms with van der Waals surface area (Å²) in [5, 5.41) is 0. The Morgan fingerprint density at radius 3 is 2.71 bits per heavy atom. The van der Waals surface area contributed by atoms with Gasteiger partial charge in [0.15, 0.2) is 0 Å². The highest BCUT2D eigenvalue weighted by molar-refractivity contribution is 9.10. The minimum atomic E-state index is -0.433. The van der Waals surface area contributed by atoms with E-state index in [1.165, 1.54) is 0 Å². The lowest BCUT2D eigenvalue weighted by atomic mass is 10.1. The van der Waals surface area contributed by atoms with Crippen LogP contribution in [-0.2, 0) is 4.74 Å². The second-order valence-electron chi connectivity index (χ2n) is 3.41. The zero-order chi connectivity index (χ0) is 12.8. The molecule has 1 aromatic rings. The molecule has 5 heteroatoms. The molecule has 1 rings (SSSR count). The van der Waals surface area contributed by atoms with Crippen molar-refractivity contribution in [3.05, 3.63) is 22.2 Å². The number of rotatable bonds is 5. The number of hydrogen-bond acceptors (Lipinski definition) is 4.